The van der Waals surface area contributed by atoms with Crippen LogP contribution in [0.5, 0.6) is 0 Å². The molecule has 2 N–H and O–H groups in total. The highest BCUT2D eigenvalue weighted by Gasteiger charge is 2.27. The van der Waals surface area contributed by atoms with Gasteiger partial charge in [-0.05, 0) is 42.9 Å². The summed E-state index contributed by atoms with van der Waals surface area (Å²) in [6, 6.07) is 3.48. The lowest BCUT2D eigenvalue weighted by molar-refractivity contribution is -0.142. The number of aryl methyl sites for hydroxylation is 1. The number of rotatable bonds is 5. The minimum Gasteiger partial charge on any atom is -0.481 e. The van der Waals surface area contributed by atoms with Gasteiger partial charge in [0, 0.05) is 19.7 Å². The van der Waals surface area contributed by atoms with Crippen molar-refractivity contribution in [2.75, 3.05) is 24.6 Å². The normalized spacial score (nSPS) is 16.2. The van der Waals surface area contributed by atoms with Crippen molar-refractivity contribution >= 4 is 11.7 Å². The maximum atomic E-state index is 14.4. The predicted molar refractivity (Wildman–Crippen MR) is 79.1 cm³/mol. The fourth-order valence-electron chi connectivity index (χ4n) is 2.94. The average Bonchev–Trinajstić information content (AvgIpc) is 2.47. The van der Waals surface area contributed by atoms with Crippen molar-refractivity contribution in [2.24, 2.45) is 5.92 Å². The van der Waals surface area contributed by atoms with Gasteiger partial charge in [0.15, 0.2) is 0 Å². The van der Waals surface area contributed by atoms with Crippen molar-refractivity contribution in [2.45, 2.75) is 32.6 Å². The highest BCUT2D eigenvalue weighted by molar-refractivity contribution is 5.70. The Balaban J connectivity index is 2.24. The van der Waals surface area contributed by atoms with Crippen molar-refractivity contribution in [1.82, 2.24) is 0 Å². The zero-order valence-electron chi connectivity index (χ0n) is 12.3. The fourth-order valence-corrected chi connectivity index (χ4v) is 2.94. The Morgan fingerprint density at radius 2 is 2.05 bits per heavy atom. The van der Waals surface area contributed by atoms with E-state index in [4.69, 9.17) is 5.11 Å². The van der Waals surface area contributed by atoms with Crippen LogP contribution in [-0.2, 0) is 17.6 Å². The van der Waals surface area contributed by atoms with Crippen LogP contribution in [0.25, 0.3) is 0 Å². The quantitative estimate of drug-likeness (QED) is 0.874. The summed E-state index contributed by atoms with van der Waals surface area (Å²) < 4.78 is 14.4. The summed E-state index contributed by atoms with van der Waals surface area (Å²) in [6.07, 6.45) is 2.22. The molecule has 2 rings (SSSR count). The molecule has 1 saturated heterocycles. The SMILES string of the molecule is CCc1cc(F)c(N2CCC(C(=O)O)CC2)c(CCO)c1. The van der Waals surface area contributed by atoms with Gasteiger partial charge in [-0.1, -0.05) is 13.0 Å². The number of anilines is 1. The van der Waals surface area contributed by atoms with Crippen molar-refractivity contribution in [3.8, 4) is 0 Å². The van der Waals surface area contributed by atoms with Crippen LogP contribution in [0.2, 0.25) is 0 Å². The zero-order valence-corrected chi connectivity index (χ0v) is 12.3. The summed E-state index contributed by atoms with van der Waals surface area (Å²) in [5.41, 5.74) is 2.26. The maximum absolute atomic E-state index is 14.4. The van der Waals surface area contributed by atoms with Crippen LogP contribution in [0.3, 0.4) is 0 Å². The van der Waals surface area contributed by atoms with Gasteiger partial charge in [0.25, 0.3) is 0 Å². The van der Waals surface area contributed by atoms with E-state index in [1.165, 1.54) is 0 Å². The van der Waals surface area contributed by atoms with Crippen LogP contribution in [0.15, 0.2) is 12.1 Å². The molecule has 1 aliphatic heterocycles. The molecule has 5 heteroatoms. The van der Waals surface area contributed by atoms with E-state index >= 15 is 0 Å². The summed E-state index contributed by atoms with van der Waals surface area (Å²) in [5, 5.41) is 18.2. The minimum atomic E-state index is -0.771. The Labute approximate surface area is 124 Å². The highest BCUT2D eigenvalue weighted by Crippen LogP contribution is 2.31. The van der Waals surface area contributed by atoms with Crippen LogP contribution in [0.1, 0.15) is 30.9 Å². The third kappa shape index (κ3) is 3.53. The number of aliphatic hydroxyl groups excluding tert-OH is 1. The number of hydrogen-bond donors (Lipinski definition) is 2. The molecule has 0 spiro atoms. The molecule has 1 fully saturated rings. The Bertz CT molecular complexity index is 510. The summed E-state index contributed by atoms with van der Waals surface area (Å²) in [5.74, 6) is -1.38. The standard InChI is InChI=1S/C16H22FNO3/c1-2-11-9-13(5-8-19)15(14(17)10-11)18-6-3-12(4-7-18)16(20)21/h9-10,12,19H,2-8H2,1H3,(H,20,21). The Hall–Kier alpha value is -1.62. The number of halogens is 1. The van der Waals surface area contributed by atoms with Crippen LogP contribution >= 0.6 is 0 Å². The Kier molecular flexibility index (Phi) is 5.17. The number of benzene rings is 1. The molecule has 1 heterocycles. The van der Waals surface area contributed by atoms with E-state index in [0.717, 1.165) is 17.5 Å². The predicted octanol–water partition coefficient (Wildman–Crippen LogP) is 2.22. The summed E-state index contributed by atoms with van der Waals surface area (Å²) >= 11 is 0. The number of hydrogen-bond acceptors (Lipinski definition) is 3. The number of piperidine rings is 1. The Morgan fingerprint density at radius 1 is 1.38 bits per heavy atom. The second kappa shape index (κ2) is 6.89. The summed E-state index contributed by atoms with van der Waals surface area (Å²) in [7, 11) is 0. The molecule has 116 valence electrons. The van der Waals surface area contributed by atoms with Crippen LogP contribution in [0.4, 0.5) is 10.1 Å². The van der Waals surface area contributed by atoms with E-state index in [0.29, 0.717) is 38.0 Å². The molecular weight excluding hydrogens is 273 g/mol. The second-order valence-electron chi connectivity index (χ2n) is 5.51. The van der Waals surface area contributed by atoms with E-state index in [1.54, 1.807) is 6.07 Å². The first-order valence-corrected chi connectivity index (χ1v) is 7.46. The first-order chi connectivity index (χ1) is 10.1. The molecule has 0 radical (unpaired) electrons. The highest BCUT2D eigenvalue weighted by atomic mass is 19.1. The van der Waals surface area contributed by atoms with Gasteiger partial charge in [-0.3, -0.25) is 4.79 Å². The summed E-state index contributed by atoms with van der Waals surface area (Å²) in [4.78, 5) is 12.9. The van der Waals surface area contributed by atoms with E-state index in [9.17, 15) is 14.3 Å². The first kappa shape index (κ1) is 15.8. The van der Waals surface area contributed by atoms with Gasteiger partial charge in [0.1, 0.15) is 5.82 Å². The van der Waals surface area contributed by atoms with Gasteiger partial charge in [0.05, 0.1) is 11.6 Å². The molecule has 21 heavy (non-hydrogen) atoms. The van der Waals surface area contributed by atoms with E-state index in [-0.39, 0.29) is 18.3 Å². The molecule has 0 atom stereocenters. The van der Waals surface area contributed by atoms with Crippen LogP contribution < -0.4 is 4.90 Å². The van der Waals surface area contributed by atoms with Gasteiger partial charge in [-0.25, -0.2) is 4.39 Å². The number of carboxylic acid groups (broad SMARTS) is 1. The minimum absolute atomic E-state index is 0.0226. The van der Waals surface area contributed by atoms with Crippen molar-refractivity contribution < 1.29 is 19.4 Å². The average molecular weight is 295 g/mol. The van der Waals surface area contributed by atoms with Crippen molar-refractivity contribution in [3.63, 3.8) is 0 Å². The van der Waals surface area contributed by atoms with Gasteiger partial charge in [-0.2, -0.15) is 0 Å². The molecule has 1 aliphatic rings. The maximum Gasteiger partial charge on any atom is 0.306 e. The molecule has 0 saturated carbocycles. The topological polar surface area (TPSA) is 60.8 Å². The van der Waals surface area contributed by atoms with Crippen molar-refractivity contribution in [3.05, 3.63) is 29.1 Å². The van der Waals surface area contributed by atoms with Crippen LogP contribution in [-0.4, -0.2) is 35.9 Å². The van der Waals surface area contributed by atoms with Gasteiger partial charge in [0.2, 0.25) is 0 Å². The third-order valence-corrected chi connectivity index (χ3v) is 4.15. The molecule has 0 aliphatic carbocycles. The monoisotopic (exact) mass is 295 g/mol. The molecule has 1 aromatic rings. The van der Waals surface area contributed by atoms with Crippen molar-refractivity contribution in [1.29, 1.82) is 0 Å². The number of aliphatic carboxylic acids is 1. The molecular formula is C16H22FNO3. The van der Waals surface area contributed by atoms with E-state index in [1.807, 2.05) is 17.9 Å². The molecule has 4 nitrogen and oxygen atoms in total. The third-order valence-electron chi connectivity index (χ3n) is 4.15. The molecule has 0 unspecified atom stereocenters. The number of aliphatic hydroxyl groups is 1. The number of carboxylic acids is 1. The van der Waals surface area contributed by atoms with E-state index in [2.05, 4.69) is 0 Å². The van der Waals surface area contributed by atoms with Gasteiger partial charge < -0.3 is 15.1 Å². The molecule has 0 bridgehead atoms. The molecule has 0 amide bonds. The summed E-state index contributed by atoms with van der Waals surface area (Å²) in [6.45, 7) is 3.02. The van der Waals surface area contributed by atoms with Gasteiger partial charge >= 0.3 is 5.97 Å². The zero-order chi connectivity index (χ0) is 15.4. The van der Waals surface area contributed by atoms with Crippen LogP contribution in [0, 0.1) is 11.7 Å². The second-order valence-corrected chi connectivity index (χ2v) is 5.51. The molecule has 0 aromatic heterocycles. The van der Waals surface area contributed by atoms with E-state index < -0.39 is 5.97 Å². The largest absolute Gasteiger partial charge is 0.481 e. The fraction of sp³-hybridized carbons (Fsp3) is 0.562. The smallest absolute Gasteiger partial charge is 0.306 e. The van der Waals surface area contributed by atoms with Gasteiger partial charge in [-0.15, -0.1) is 0 Å². The lowest BCUT2D eigenvalue weighted by atomic mass is 9.95. The Morgan fingerprint density at radius 3 is 2.57 bits per heavy atom. The first-order valence-electron chi connectivity index (χ1n) is 7.46. The lowest BCUT2D eigenvalue weighted by Crippen LogP contribution is -2.37. The number of carbonyl (C=O) groups is 1. The number of nitrogens with zero attached hydrogens (tertiary/aromatic N) is 1. The molecule has 1 aromatic carbocycles. The lowest BCUT2D eigenvalue weighted by Gasteiger charge is -2.33.